The Bertz CT molecular complexity index is 711. The fourth-order valence-corrected chi connectivity index (χ4v) is 3.54. The van der Waals surface area contributed by atoms with Crippen molar-refractivity contribution < 1.29 is 23.0 Å². The maximum Gasteiger partial charge on any atom is 0.178 e. The summed E-state index contributed by atoms with van der Waals surface area (Å²) in [5.74, 6) is 0.661. The van der Waals surface area contributed by atoms with Gasteiger partial charge in [-0.05, 0) is 36.2 Å². The standard InChI is InChI=1S/C18H22O5S/c1-22-17-9-7-15(8-10-17)13-23-14-16(19)11-12-24(20,21)18-5-3-2-4-6-18/h2-10,16,19H,11-14H2,1H3/t16-/m0/s1. The highest BCUT2D eigenvalue weighted by molar-refractivity contribution is 7.91. The number of methoxy groups -OCH3 is 1. The predicted molar refractivity (Wildman–Crippen MR) is 91.8 cm³/mol. The molecular weight excluding hydrogens is 328 g/mol. The second-order valence-electron chi connectivity index (χ2n) is 5.44. The van der Waals surface area contributed by atoms with Gasteiger partial charge in [0.05, 0.1) is 37.1 Å². The molecule has 24 heavy (non-hydrogen) atoms. The molecule has 0 fully saturated rings. The third-order valence-corrected chi connectivity index (χ3v) is 5.32. The van der Waals surface area contributed by atoms with E-state index >= 15 is 0 Å². The van der Waals surface area contributed by atoms with E-state index < -0.39 is 15.9 Å². The molecule has 6 heteroatoms. The van der Waals surface area contributed by atoms with Gasteiger partial charge in [0.2, 0.25) is 0 Å². The first-order valence-electron chi connectivity index (χ1n) is 7.68. The van der Waals surface area contributed by atoms with E-state index in [9.17, 15) is 13.5 Å². The van der Waals surface area contributed by atoms with Gasteiger partial charge in [-0.2, -0.15) is 0 Å². The normalized spacial score (nSPS) is 12.8. The molecule has 0 aliphatic heterocycles. The molecule has 2 rings (SSSR count). The van der Waals surface area contributed by atoms with Gasteiger partial charge in [-0.1, -0.05) is 30.3 Å². The van der Waals surface area contributed by atoms with Crippen LogP contribution in [0.15, 0.2) is 59.5 Å². The Labute approximate surface area is 142 Å². The summed E-state index contributed by atoms with van der Waals surface area (Å²) < 4.78 is 34.8. The van der Waals surface area contributed by atoms with Crippen molar-refractivity contribution in [3.8, 4) is 5.75 Å². The summed E-state index contributed by atoms with van der Waals surface area (Å²) >= 11 is 0. The summed E-state index contributed by atoms with van der Waals surface area (Å²) in [6.07, 6.45) is -0.679. The summed E-state index contributed by atoms with van der Waals surface area (Å²) in [5.41, 5.74) is 0.958. The lowest BCUT2D eigenvalue weighted by atomic mass is 10.2. The van der Waals surface area contributed by atoms with Gasteiger partial charge in [0.1, 0.15) is 5.75 Å². The molecule has 0 saturated carbocycles. The SMILES string of the molecule is COc1ccc(COC[C@@H](O)CCS(=O)(=O)c2ccccc2)cc1. The summed E-state index contributed by atoms with van der Waals surface area (Å²) in [6, 6.07) is 15.7. The molecule has 0 radical (unpaired) electrons. The Morgan fingerprint density at radius 1 is 1.04 bits per heavy atom. The van der Waals surface area contributed by atoms with Crippen LogP contribution in [0.3, 0.4) is 0 Å². The van der Waals surface area contributed by atoms with E-state index in [0.29, 0.717) is 6.61 Å². The zero-order chi connectivity index (χ0) is 17.4. The van der Waals surface area contributed by atoms with Crippen LogP contribution in [0.25, 0.3) is 0 Å². The molecule has 5 nitrogen and oxygen atoms in total. The van der Waals surface area contributed by atoms with Gasteiger partial charge < -0.3 is 14.6 Å². The van der Waals surface area contributed by atoms with Gasteiger partial charge in [-0.3, -0.25) is 0 Å². The number of aliphatic hydroxyl groups is 1. The van der Waals surface area contributed by atoms with E-state index in [1.54, 1.807) is 37.4 Å². The average molecular weight is 350 g/mol. The molecule has 130 valence electrons. The molecule has 0 spiro atoms. The van der Waals surface area contributed by atoms with Crippen molar-refractivity contribution in [3.63, 3.8) is 0 Å². The molecule has 1 N–H and O–H groups in total. The third kappa shape index (κ3) is 5.63. The molecule has 0 aliphatic rings. The third-order valence-electron chi connectivity index (χ3n) is 3.56. The van der Waals surface area contributed by atoms with Crippen LogP contribution in [0.2, 0.25) is 0 Å². The van der Waals surface area contributed by atoms with E-state index in [4.69, 9.17) is 9.47 Å². The quantitative estimate of drug-likeness (QED) is 0.752. The molecule has 0 aliphatic carbocycles. The van der Waals surface area contributed by atoms with Crippen molar-refractivity contribution in [2.75, 3.05) is 19.5 Å². The van der Waals surface area contributed by atoms with Gasteiger partial charge >= 0.3 is 0 Å². The maximum atomic E-state index is 12.1. The molecule has 2 aromatic carbocycles. The van der Waals surface area contributed by atoms with Gasteiger partial charge in [0, 0.05) is 0 Å². The van der Waals surface area contributed by atoms with Gasteiger partial charge in [-0.15, -0.1) is 0 Å². The van der Waals surface area contributed by atoms with Crippen LogP contribution in [0.5, 0.6) is 5.75 Å². The lowest BCUT2D eigenvalue weighted by Crippen LogP contribution is -2.20. The topological polar surface area (TPSA) is 72.8 Å². The Kier molecular flexibility index (Phi) is 6.78. The molecule has 2 aromatic rings. The Balaban J connectivity index is 1.74. The van der Waals surface area contributed by atoms with Crippen molar-refractivity contribution in [1.82, 2.24) is 0 Å². The zero-order valence-corrected chi connectivity index (χ0v) is 14.4. The molecule has 0 amide bonds. The Hall–Kier alpha value is -1.89. The molecule has 0 aromatic heterocycles. The van der Waals surface area contributed by atoms with Crippen LogP contribution in [0.1, 0.15) is 12.0 Å². The lowest BCUT2D eigenvalue weighted by molar-refractivity contribution is 0.0272. The number of rotatable bonds is 9. The highest BCUT2D eigenvalue weighted by atomic mass is 32.2. The number of hydrogen-bond acceptors (Lipinski definition) is 5. The maximum absolute atomic E-state index is 12.1. The minimum atomic E-state index is -3.37. The van der Waals surface area contributed by atoms with Crippen molar-refractivity contribution in [2.24, 2.45) is 0 Å². The van der Waals surface area contributed by atoms with Crippen molar-refractivity contribution >= 4 is 9.84 Å². The summed E-state index contributed by atoms with van der Waals surface area (Å²) in [4.78, 5) is 0.274. The molecule has 1 atom stereocenters. The monoisotopic (exact) mass is 350 g/mol. The van der Waals surface area contributed by atoms with E-state index in [-0.39, 0.29) is 23.7 Å². The fraction of sp³-hybridized carbons (Fsp3) is 0.333. The molecule has 0 heterocycles. The zero-order valence-electron chi connectivity index (χ0n) is 13.6. The Morgan fingerprint density at radius 3 is 2.33 bits per heavy atom. The highest BCUT2D eigenvalue weighted by Crippen LogP contribution is 2.14. The van der Waals surface area contributed by atoms with Crippen molar-refractivity contribution in [3.05, 3.63) is 60.2 Å². The number of ether oxygens (including phenoxy) is 2. The first kappa shape index (κ1) is 18.4. The summed E-state index contributed by atoms with van der Waals surface area (Å²) in [7, 11) is -1.77. The van der Waals surface area contributed by atoms with Crippen molar-refractivity contribution in [2.45, 2.75) is 24.0 Å². The summed E-state index contributed by atoms with van der Waals surface area (Å²) in [5, 5.41) is 9.91. The van der Waals surface area contributed by atoms with Crippen LogP contribution in [0, 0.1) is 0 Å². The van der Waals surface area contributed by atoms with E-state index in [1.165, 1.54) is 0 Å². The van der Waals surface area contributed by atoms with Crippen LogP contribution in [-0.4, -0.2) is 39.1 Å². The minimum absolute atomic E-state index is 0.0936. The number of hydrogen-bond donors (Lipinski definition) is 1. The Morgan fingerprint density at radius 2 is 1.71 bits per heavy atom. The van der Waals surface area contributed by atoms with E-state index in [1.807, 2.05) is 24.3 Å². The van der Waals surface area contributed by atoms with Crippen molar-refractivity contribution in [1.29, 1.82) is 0 Å². The summed E-state index contributed by atoms with van der Waals surface area (Å²) in [6.45, 7) is 0.447. The van der Waals surface area contributed by atoms with Crippen LogP contribution in [0.4, 0.5) is 0 Å². The largest absolute Gasteiger partial charge is 0.497 e. The molecule has 0 unspecified atom stereocenters. The smallest absolute Gasteiger partial charge is 0.178 e. The first-order valence-corrected chi connectivity index (χ1v) is 9.33. The van der Waals surface area contributed by atoms with Crippen LogP contribution >= 0.6 is 0 Å². The van der Waals surface area contributed by atoms with Crippen LogP contribution in [-0.2, 0) is 21.2 Å². The molecular formula is C18H22O5S. The molecule has 0 bridgehead atoms. The second kappa shape index (κ2) is 8.82. The number of sulfone groups is 1. The average Bonchev–Trinajstić information content (AvgIpc) is 2.61. The fourth-order valence-electron chi connectivity index (χ4n) is 2.15. The van der Waals surface area contributed by atoms with E-state index in [2.05, 4.69) is 0 Å². The number of benzene rings is 2. The van der Waals surface area contributed by atoms with Gasteiger partial charge in [0.15, 0.2) is 9.84 Å². The van der Waals surface area contributed by atoms with Gasteiger partial charge in [-0.25, -0.2) is 8.42 Å². The highest BCUT2D eigenvalue weighted by Gasteiger charge is 2.16. The second-order valence-corrected chi connectivity index (χ2v) is 7.55. The molecule has 0 saturated heterocycles. The lowest BCUT2D eigenvalue weighted by Gasteiger charge is -2.12. The van der Waals surface area contributed by atoms with Crippen LogP contribution < -0.4 is 4.74 Å². The minimum Gasteiger partial charge on any atom is -0.497 e. The van der Waals surface area contributed by atoms with Gasteiger partial charge in [0.25, 0.3) is 0 Å². The predicted octanol–water partition coefficient (Wildman–Crippen LogP) is 2.44. The van der Waals surface area contributed by atoms with E-state index in [0.717, 1.165) is 11.3 Å². The number of aliphatic hydroxyl groups excluding tert-OH is 1. The first-order chi connectivity index (χ1) is 11.5.